The number of nitrogens with zero attached hydrogens (tertiary/aromatic N) is 3. The summed E-state index contributed by atoms with van der Waals surface area (Å²) in [7, 11) is 0. The summed E-state index contributed by atoms with van der Waals surface area (Å²) in [5.41, 5.74) is 7.06. The number of dihydropyridines is 1. The van der Waals surface area contributed by atoms with Crippen LogP contribution in [0.2, 0.25) is 0 Å². The van der Waals surface area contributed by atoms with Crippen LogP contribution in [0.3, 0.4) is 0 Å². The quantitative estimate of drug-likeness (QED) is 0.262. The molecule has 1 saturated heterocycles. The van der Waals surface area contributed by atoms with Crippen LogP contribution in [0.5, 0.6) is 0 Å². The van der Waals surface area contributed by atoms with Crippen molar-refractivity contribution in [2.45, 2.75) is 109 Å². The molecule has 0 aromatic heterocycles. The molecule has 235 valence electrons. The second kappa shape index (κ2) is 13.5. The van der Waals surface area contributed by atoms with Gasteiger partial charge in [-0.25, -0.2) is 17.0 Å². The SMILES string of the molecule is C[C@H]1C[C-]=C(C2=C[C@H](C)[C@H](C)C[N-]2)CC1.[2H]C([2H])([2H])C1=N[C@H]2OC3=C([C@H]4CC=C5C6=C(CCCC6)SC5[N-]4)[CH-]CCC3C2C=C1.[Ir]. The summed E-state index contributed by atoms with van der Waals surface area (Å²) in [6.07, 6.45) is 25.5. The van der Waals surface area contributed by atoms with E-state index in [0.717, 1.165) is 43.9 Å². The van der Waals surface area contributed by atoms with Gasteiger partial charge in [0.05, 0.1) is 0 Å². The predicted octanol–water partition coefficient (Wildman–Crippen LogP) is 9.91. The van der Waals surface area contributed by atoms with Crippen molar-refractivity contribution in [1.29, 1.82) is 0 Å². The van der Waals surface area contributed by atoms with Gasteiger partial charge in [0.1, 0.15) is 0 Å². The zero-order valence-corrected chi connectivity index (χ0v) is 29.0. The predicted molar refractivity (Wildman–Crippen MR) is 176 cm³/mol. The topological polar surface area (TPSA) is 49.8 Å². The average molecular weight is 777 g/mol. The molecule has 6 heteroatoms. The molecule has 8 rings (SSSR count). The van der Waals surface area contributed by atoms with Crippen LogP contribution in [0, 0.1) is 42.1 Å². The number of rotatable bonds is 2. The zero-order chi connectivity index (χ0) is 31.3. The van der Waals surface area contributed by atoms with Gasteiger partial charge in [-0.3, -0.25) is 6.08 Å². The summed E-state index contributed by atoms with van der Waals surface area (Å²) in [6, 6.07) is 0.139. The molecular formula is C37H47IrN3OS-4. The Hall–Kier alpha value is -1.46. The van der Waals surface area contributed by atoms with E-state index in [9.17, 15) is 0 Å². The van der Waals surface area contributed by atoms with Gasteiger partial charge in [-0.15, -0.1) is 37.2 Å². The van der Waals surface area contributed by atoms with Gasteiger partial charge in [0.15, 0.2) is 6.23 Å². The van der Waals surface area contributed by atoms with Crippen molar-refractivity contribution in [2.75, 3.05) is 6.54 Å². The van der Waals surface area contributed by atoms with E-state index in [1.54, 1.807) is 16.6 Å². The Bertz CT molecular complexity index is 1410. The first-order valence-corrected chi connectivity index (χ1v) is 17.3. The minimum atomic E-state index is -2.19. The monoisotopic (exact) mass is 777 g/mol. The minimum Gasteiger partial charge on any atom is -0.769 e. The Morgan fingerprint density at radius 3 is 2.86 bits per heavy atom. The van der Waals surface area contributed by atoms with Gasteiger partial charge >= 0.3 is 0 Å². The molecule has 4 nitrogen and oxygen atoms in total. The minimum absolute atomic E-state index is 0. The molecule has 8 aliphatic rings. The number of aliphatic imine (C=N–C) groups is 1. The number of allylic oxidation sites excluding steroid dienone is 6. The van der Waals surface area contributed by atoms with Crippen molar-refractivity contribution < 1.29 is 29.0 Å². The number of fused-ring (bicyclic) bond motifs is 5. The normalized spacial score (nSPS) is 39.0. The maximum absolute atomic E-state index is 7.67. The average Bonchev–Trinajstić information content (AvgIpc) is 3.60. The summed E-state index contributed by atoms with van der Waals surface area (Å²) in [5.74, 6) is 3.63. The molecule has 0 N–H and O–H groups in total. The Balaban J connectivity index is 0.000000197. The third kappa shape index (κ3) is 6.46. The van der Waals surface area contributed by atoms with E-state index in [4.69, 9.17) is 14.2 Å². The molecule has 0 aromatic carbocycles. The van der Waals surface area contributed by atoms with E-state index < -0.39 is 13.1 Å². The zero-order valence-electron chi connectivity index (χ0n) is 28.8. The molecule has 5 heterocycles. The molecule has 8 atom stereocenters. The number of hydrogen-bond donors (Lipinski definition) is 0. The fourth-order valence-electron chi connectivity index (χ4n) is 7.65. The van der Waals surface area contributed by atoms with Crippen LogP contribution in [0.4, 0.5) is 0 Å². The number of ether oxygens (including phenoxy) is 1. The summed E-state index contributed by atoms with van der Waals surface area (Å²) in [6.45, 7) is 5.69. The maximum Gasteiger partial charge on any atom is 0.175 e. The standard InChI is InChI=1S/C23H26N2OS.C14H21N.Ir/c1-13-9-10-16-15-6-4-7-18(21(15)26-22(16)24-13)19-12-11-17-14-5-2-3-8-20(14)27-23(17)25-19;1-10-4-6-13(7-5-10)14-8-11(2)12(3)9-15-14;/h7,9-11,15-16,19,22-23H,2-6,8,12H2,1H3;8,10-12H,4-6,9H2,1-3H3;/q2*-2;/t15?,16?,19-,22+,23?;10-,11+,12-;/m11./s1/i1D3;;. The largest absolute Gasteiger partial charge is 0.769 e. The third-order valence-corrected chi connectivity index (χ3v) is 11.8. The molecule has 3 unspecified atom stereocenters. The molecule has 43 heavy (non-hydrogen) atoms. The first-order valence-electron chi connectivity index (χ1n) is 17.9. The van der Waals surface area contributed by atoms with Crippen LogP contribution in [-0.2, 0) is 24.8 Å². The fraction of sp³-hybridized carbons (Fsp3) is 0.622. The van der Waals surface area contributed by atoms with Crippen molar-refractivity contribution in [3.8, 4) is 0 Å². The summed E-state index contributed by atoms with van der Waals surface area (Å²) in [5, 5.41) is 10.2. The van der Waals surface area contributed by atoms with Gasteiger partial charge in [-0.1, -0.05) is 75.0 Å². The summed E-state index contributed by atoms with van der Waals surface area (Å²) < 4.78 is 29.3. The van der Waals surface area contributed by atoms with Crippen LogP contribution >= 0.6 is 11.8 Å². The second-order valence-electron chi connectivity index (χ2n) is 13.5. The van der Waals surface area contributed by atoms with Crippen LogP contribution < -0.4 is 0 Å². The van der Waals surface area contributed by atoms with Crippen molar-refractivity contribution in [1.82, 2.24) is 0 Å². The van der Waals surface area contributed by atoms with Gasteiger partial charge < -0.3 is 21.1 Å². The van der Waals surface area contributed by atoms with E-state index in [-0.39, 0.29) is 49.1 Å². The number of hydrogen-bond acceptors (Lipinski definition) is 3. The summed E-state index contributed by atoms with van der Waals surface area (Å²) >= 11 is 1.97. The Morgan fingerprint density at radius 2 is 2.05 bits per heavy atom. The molecule has 5 aliphatic heterocycles. The maximum atomic E-state index is 7.67. The molecule has 1 radical (unpaired) electrons. The fourth-order valence-corrected chi connectivity index (χ4v) is 9.12. The molecule has 0 aromatic rings. The molecule has 1 fully saturated rings. The first kappa shape index (κ1) is 27.8. The van der Waals surface area contributed by atoms with Crippen LogP contribution in [0.25, 0.3) is 10.6 Å². The van der Waals surface area contributed by atoms with E-state index in [1.807, 2.05) is 17.8 Å². The van der Waals surface area contributed by atoms with Gasteiger partial charge in [-0.2, -0.15) is 11.6 Å². The molecule has 3 aliphatic carbocycles. The van der Waals surface area contributed by atoms with Crippen LogP contribution in [-0.4, -0.2) is 29.9 Å². The van der Waals surface area contributed by atoms with E-state index in [1.165, 1.54) is 60.9 Å². The van der Waals surface area contributed by atoms with Gasteiger partial charge in [-0.05, 0) is 73.1 Å². The molecule has 0 spiro atoms. The second-order valence-corrected chi connectivity index (χ2v) is 14.7. The van der Waals surface area contributed by atoms with Crippen LogP contribution in [0.15, 0.2) is 68.0 Å². The first-order chi connectivity index (χ1) is 21.7. The Labute approximate surface area is 282 Å². The van der Waals surface area contributed by atoms with Gasteiger partial charge in [0, 0.05) is 35.8 Å². The van der Waals surface area contributed by atoms with E-state index in [2.05, 4.69) is 55.7 Å². The Morgan fingerprint density at radius 1 is 1.16 bits per heavy atom. The van der Waals surface area contributed by atoms with Gasteiger partial charge in [0.2, 0.25) is 0 Å². The molecule has 0 bridgehead atoms. The number of thioether (sulfide) groups is 1. The van der Waals surface area contributed by atoms with E-state index in [0.29, 0.717) is 11.8 Å². The van der Waals surface area contributed by atoms with E-state index >= 15 is 0 Å². The van der Waals surface area contributed by atoms with Crippen molar-refractivity contribution in [3.05, 3.63) is 86.1 Å². The molecule has 0 amide bonds. The van der Waals surface area contributed by atoms with Crippen molar-refractivity contribution >= 4 is 17.5 Å². The van der Waals surface area contributed by atoms with Gasteiger partial charge in [0.25, 0.3) is 0 Å². The molecule has 0 saturated carbocycles. The van der Waals surface area contributed by atoms with Crippen molar-refractivity contribution in [3.63, 3.8) is 0 Å². The summed E-state index contributed by atoms with van der Waals surface area (Å²) in [4.78, 5) is 6.04. The van der Waals surface area contributed by atoms with Crippen molar-refractivity contribution in [2.24, 2.45) is 34.6 Å². The smallest absolute Gasteiger partial charge is 0.175 e. The van der Waals surface area contributed by atoms with Crippen LogP contribution in [0.1, 0.15) is 95.9 Å². The third-order valence-electron chi connectivity index (χ3n) is 10.5. The molecular weight excluding hydrogens is 727 g/mol. The Kier molecular flexibility index (Phi) is 8.73.